The van der Waals surface area contributed by atoms with Gasteiger partial charge in [0.25, 0.3) is 11.8 Å². The second kappa shape index (κ2) is 20.8. The third kappa shape index (κ3) is 10.6. The topological polar surface area (TPSA) is 163 Å². The van der Waals surface area contributed by atoms with Crippen LogP contribution in [0.25, 0.3) is 0 Å². The lowest BCUT2D eigenvalue weighted by Crippen LogP contribution is -2.60. The molecule has 14 nitrogen and oxygen atoms in total. The molecule has 1 N–H and O–H groups in total. The summed E-state index contributed by atoms with van der Waals surface area (Å²) >= 11 is 0. The predicted molar refractivity (Wildman–Crippen MR) is 227 cm³/mol. The van der Waals surface area contributed by atoms with Crippen LogP contribution in [0, 0.1) is 35.5 Å². The molecule has 1 aromatic carbocycles. The van der Waals surface area contributed by atoms with Crippen molar-refractivity contribution in [2.24, 2.45) is 35.5 Å². The summed E-state index contributed by atoms with van der Waals surface area (Å²) < 4.78 is 11.5. The first-order valence-corrected chi connectivity index (χ1v) is 21.7. The molecule has 1 aliphatic carbocycles. The van der Waals surface area contributed by atoms with Gasteiger partial charge in [0, 0.05) is 32.0 Å². The summed E-state index contributed by atoms with van der Waals surface area (Å²) in [6, 6.07) is 5.66. The number of amides is 5. The van der Waals surface area contributed by atoms with Gasteiger partial charge in [-0.3, -0.25) is 43.4 Å². The van der Waals surface area contributed by atoms with Crippen LogP contribution in [0.2, 0.25) is 0 Å². The number of carbonyl (C=O) groups is 7. The molecule has 2 heterocycles. The van der Waals surface area contributed by atoms with Gasteiger partial charge in [0.15, 0.2) is 11.9 Å². The Labute approximate surface area is 356 Å². The van der Waals surface area contributed by atoms with Gasteiger partial charge in [-0.15, -0.1) is 0 Å². The second-order valence-corrected chi connectivity index (χ2v) is 18.4. The number of benzene rings is 1. The Morgan fingerprint density at radius 3 is 1.95 bits per heavy atom. The fourth-order valence-electron chi connectivity index (χ4n) is 9.34. The second-order valence-electron chi connectivity index (χ2n) is 18.4. The molecule has 1 aromatic rings. The number of rotatable bonds is 18. The van der Waals surface area contributed by atoms with E-state index in [4.69, 9.17) is 9.47 Å². The first kappa shape index (κ1) is 48.1. The number of nitrogens with one attached hydrogen (secondary N) is 1. The SMILES string of the molecule is COC1=CC(=O)N(C(=O)[C@@H](OC(=O)[C@@H]2CCCC2C(=O)[C@@H]2CCCN2C(=O)[C@H](C(C)C)N(C)C(=O)[C@@H](NC(=O)[C@H](C(C)C)N(C)C)C(C)C)C(C)C)[C@H]1Cc1ccccc1. The van der Waals surface area contributed by atoms with Gasteiger partial charge in [0.05, 0.1) is 25.1 Å². The summed E-state index contributed by atoms with van der Waals surface area (Å²) in [5, 5.41) is 2.96. The number of likely N-dealkylation sites (N-methyl/N-ethyl adjacent to an activating group) is 2. The highest BCUT2D eigenvalue weighted by Gasteiger charge is 2.49. The zero-order chi connectivity index (χ0) is 44.7. The van der Waals surface area contributed by atoms with Gasteiger partial charge >= 0.3 is 5.97 Å². The lowest BCUT2D eigenvalue weighted by atomic mass is 9.87. The quantitative estimate of drug-likeness (QED) is 0.212. The zero-order valence-corrected chi connectivity index (χ0v) is 37.8. The molecular weight excluding hydrogens is 767 g/mol. The highest BCUT2D eigenvalue weighted by atomic mass is 16.5. The highest BCUT2D eigenvalue weighted by molar-refractivity contribution is 6.06. The zero-order valence-electron chi connectivity index (χ0n) is 37.8. The minimum Gasteiger partial charge on any atom is -0.499 e. The summed E-state index contributed by atoms with van der Waals surface area (Å²) in [6.45, 7) is 15.1. The standard InChI is InChI=1S/C46H69N5O9/c1-26(2)37(47-42(54)38(27(3)4)48(9)10)43(55)49(11)39(28(5)6)44(56)50-23-17-22-33(50)40(53)31-20-16-21-32(31)46(58)60-41(29(7)8)45(57)51-34(35(59-12)25-36(51)52)24-30-18-14-13-15-19-30/h13-15,18-19,25-29,31-34,37-39,41H,16-17,20-24H2,1-12H3,(H,47,54)/t31?,32-,33+,34+,37+,38+,39+,41+/m1/s1. The van der Waals surface area contributed by atoms with E-state index in [-0.39, 0.29) is 35.4 Å². The van der Waals surface area contributed by atoms with Gasteiger partial charge in [-0.2, -0.15) is 0 Å². The number of likely N-dealkylation sites (tertiary alicyclic amines) is 1. The van der Waals surface area contributed by atoms with Crippen molar-refractivity contribution in [3.8, 4) is 0 Å². The number of hydrogen-bond donors (Lipinski definition) is 1. The van der Waals surface area contributed by atoms with Gasteiger partial charge in [0.2, 0.25) is 17.7 Å². The number of carbonyl (C=O) groups excluding carboxylic acids is 7. The summed E-state index contributed by atoms with van der Waals surface area (Å²) in [5.41, 5.74) is 0.893. The van der Waals surface area contributed by atoms with Crippen LogP contribution in [-0.4, -0.2) is 132 Å². The number of methoxy groups -OCH3 is 1. The Hall–Kier alpha value is -4.59. The van der Waals surface area contributed by atoms with Crippen molar-refractivity contribution >= 4 is 41.3 Å². The van der Waals surface area contributed by atoms with E-state index in [0.717, 1.165) is 10.5 Å². The molecule has 0 bridgehead atoms. The van der Waals surface area contributed by atoms with Gasteiger partial charge < -0.3 is 24.6 Å². The van der Waals surface area contributed by atoms with Crippen LogP contribution >= 0.6 is 0 Å². The number of hydrogen-bond acceptors (Lipinski definition) is 10. The normalized spacial score (nSPS) is 22.6. The molecule has 1 saturated heterocycles. The number of ether oxygens (including phenoxy) is 2. The number of esters is 1. The fraction of sp³-hybridized carbons (Fsp3) is 0.674. The van der Waals surface area contributed by atoms with Crippen LogP contribution in [0.1, 0.15) is 93.1 Å². The molecule has 0 radical (unpaired) electrons. The molecule has 1 unspecified atom stereocenters. The average molecular weight is 836 g/mol. The number of imide groups is 1. The maximum atomic E-state index is 14.5. The van der Waals surface area contributed by atoms with Crippen molar-refractivity contribution in [3.05, 3.63) is 47.7 Å². The molecule has 5 amide bonds. The lowest BCUT2D eigenvalue weighted by Gasteiger charge is -2.38. The Morgan fingerprint density at radius 2 is 1.40 bits per heavy atom. The maximum Gasteiger partial charge on any atom is 0.310 e. The molecule has 0 aromatic heterocycles. The van der Waals surface area contributed by atoms with E-state index in [0.29, 0.717) is 50.8 Å². The van der Waals surface area contributed by atoms with E-state index >= 15 is 0 Å². The van der Waals surface area contributed by atoms with Gasteiger partial charge in [-0.05, 0) is 69.0 Å². The Kier molecular flexibility index (Phi) is 16.7. The number of ketones is 1. The van der Waals surface area contributed by atoms with Crippen LogP contribution in [0.4, 0.5) is 0 Å². The molecule has 2 aliphatic heterocycles. The monoisotopic (exact) mass is 836 g/mol. The molecule has 0 spiro atoms. The molecule has 332 valence electrons. The smallest absolute Gasteiger partial charge is 0.310 e. The van der Waals surface area contributed by atoms with Crippen molar-refractivity contribution in [1.82, 2.24) is 24.9 Å². The molecule has 2 fully saturated rings. The minimum atomic E-state index is -1.29. The van der Waals surface area contributed by atoms with E-state index in [1.165, 1.54) is 18.1 Å². The van der Waals surface area contributed by atoms with Gasteiger partial charge in [-0.25, -0.2) is 0 Å². The first-order chi connectivity index (χ1) is 28.2. The van der Waals surface area contributed by atoms with Crippen molar-refractivity contribution in [3.63, 3.8) is 0 Å². The summed E-state index contributed by atoms with van der Waals surface area (Å²) in [5.74, 6) is -5.44. The average Bonchev–Trinajstić information content (AvgIpc) is 3.94. The van der Waals surface area contributed by atoms with Crippen LogP contribution < -0.4 is 5.32 Å². The number of Topliss-reactive ketones (excluding diaryl/α,β-unsaturated/α-hetero) is 1. The third-order valence-electron chi connectivity index (χ3n) is 12.4. The molecule has 1 saturated carbocycles. The van der Waals surface area contributed by atoms with Crippen LogP contribution in [0.5, 0.6) is 0 Å². The predicted octanol–water partition coefficient (Wildman–Crippen LogP) is 4.25. The van der Waals surface area contributed by atoms with Crippen molar-refractivity contribution in [2.75, 3.05) is 34.8 Å². The first-order valence-electron chi connectivity index (χ1n) is 21.7. The number of nitrogens with zero attached hydrogens (tertiary/aromatic N) is 4. The van der Waals surface area contributed by atoms with Crippen LogP contribution in [0.15, 0.2) is 42.2 Å². The fourth-order valence-corrected chi connectivity index (χ4v) is 9.34. The Balaban J connectivity index is 1.50. The lowest BCUT2D eigenvalue weighted by molar-refractivity contribution is -0.170. The molecule has 4 rings (SSSR count). The molecule has 60 heavy (non-hydrogen) atoms. The van der Waals surface area contributed by atoms with E-state index in [2.05, 4.69) is 5.32 Å². The maximum absolute atomic E-state index is 14.5. The largest absolute Gasteiger partial charge is 0.499 e. The van der Waals surface area contributed by atoms with Crippen molar-refractivity contribution in [1.29, 1.82) is 0 Å². The third-order valence-corrected chi connectivity index (χ3v) is 12.4. The van der Waals surface area contributed by atoms with E-state index in [1.807, 2.05) is 90.9 Å². The summed E-state index contributed by atoms with van der Waals surface area (Å²) in [6.07, 6.45) is 2.70. The van der Waals surface area contributed by atoms with Gasteiger partial charge in [0.1, 0.15) is 23.9 Å². The summed E-state index contributed by atoms with van der Waals surface area (Å²) in [7, 11) is 6.66. The van der Waals surface area contributed by atoms with E-state index in [9.17, 15) is 33.6 Å². The van der Waals surface area contributed by atoms with Gasteiger partial charge in [-0.1, -0.05) is 92.1 Å². The highest BCUT2D eigenvalue weighted by Crippen LogP contribution is 2.38. The Bertz CT molecular complexity index is 1750. The molecular formula is C46H69N5O9. The van der Waals surface area contributed by atoms with Crippen molar-refractivity contribution in [2.45, 2.75) is 130 Å². The molecule has 3 aliphatic rings. The van der Waals surface area contributed by atoms with Crippen molar-refractivity contribution < 1.29 is 43.0 Å². The molecule has 14 heteroatoms. The minimum absolute atomic E-state index is 0.00332. The van der Waals surface area contributed by atoms with Crippen LogP contribution in [0.3, 0.4) is 0 Å². The Morgan fingerprint density at radius 1 is 0.783 bits per heavy atom. The summed E-state index contributed by atoms with van der Waals surface area (Å²) in [4.78, 5) is 104. The molecule has 8 atom stereocenters. The van der Waals surface area contributed by atoms with Crippen LogP contribution in [-0.2, 0) is 49.5 Å². The van der Waals surface area contributed by atoms with E-state index < -0.39 is 77.8 Å². The van der Waals surface area contributed by atoms with E-state index in [1.54, 1.807) is 25.8 Å².